The Morgan fingerprint density at radius 2 is 1.04 bits per heavy atom. The molecule has 0 aromatic carbocycles. The maximum atomic E-state index is 11.9. The Kier molecular flexibility index (Phi) is 14.9. The molecule has 0 aromatic heterocycles. The smallest absolute Gasteiger partial charge is 0.186 e. The van der Waals surface area contributed by atoms with Crippen LogP contribution in [0.1, 0.15) is 104 Å². The van der Waals surface area contributed by atoms with Crippen molar-refractivity contribution in [1.82, 2.24) is 0 Å². The molecular weight excluding hydrogens is 282 g/mol. The predicted octanol–water partition coefficient (Wildman–Crippen LogP) is 6.13. The average molecular weight is 327 g/mol. The van der Waals surface area contributed by atoms with Crippen molar-refractivity contribution in [3.8, 4) is 0 Å². The molecule has 0 heterocycles. The van der Waals surface area contributed by atoms with E-state index in [1.807, 2.05) is 0 Å². The van der Waals surface area contributed by atoms with E-state index in [9.17, 15) is 4.79 Å². The number of unbranched alkanes of at least 4 members (excludes halogenated alkanes) is 12. The maximum Gasteiger partial charge on any atom is 0.186 e. The van der Waals surface area contributed by atoms with Crippen LogP contribution in [0.3, 0.4) is 0 Å². The summed E-state index contributed by atoms with van der Waals surface area (Å²) in [7, 11) is 4.28. The van der Waals surface area contributed by atoms with Gasteiger partial charge >= 0.3 is 0 Å². The Hall–Kier alpha value is -0.370. The van der Waals surface area contributed by atoms with E-state index in [0.717, 1.165) is 23.9 Å². The highest BCUT2D eigenvalue weighted by Crippen LogP contribution is 2.13. The van der Waals surface area contributed by atoms with Gasteiger partial charge in [0.1, 0.15) is 6.54 Å². The SMILES string of the molecule is CCCCCCCCCCCCCCCC(=O)C[N+](C)(C)CC. The third-order valence-electron chi connectivity index (χ3n) is 5.02. The number of hydrogen-bond donors (Lipinski definition) is 0. The predicted molar refractivity (Wildman–Crippen MR) is 103 cm³/mol. The van der Waals surface area contributed by atoms with E-state index in [-0.39, 0.29) is 0 Å². The van der Waals surface area contributed by atoms with Gasteiger partial charge in [-0.15, -0.1) is 0 Å². The number of hydrogen-bond acceptors (Lipinski definition) is 1. The summed E-state index contributed by atoms with van der Waals surface area (Å²) < 4.78 is 0.831. The zero-order chi connectivity index (χ0) is 17.4. The first kappa shape index (κ1) is 22.6. The molecule has 0 spiro atoms. The van der Waals surface area contributed by atoms with Crippen molar-refractivity contribution < 1.29 is 9.28 Å². The molecule has 0 bridgehead atoms. The highest BCUT2D eigenvalue weighted by atomic mass is 16.1. The lowest BCUT2D eigenvalue weighted by molar-refractivity contribution is -0.880. The standard InChI is InChI=1S/C21H44NO/c1-5-7-8-9-10-11-12-13-14-15-16-17-18-19-21(23)20-22(3,4)6-2/h5-20H2,1-4H3/q+1. The summed E-state index contributed by atoms with van der Waals surface area (Å²) in [5.41, 5.74) is 0. The van der Waals surface area contributed by atoms with Crippen molar-refractivity contribution in [2.45, 2.75) is 104 Å². The lowest BCUT2D eigenvalue weighted by Gasteiger charge is -2.27. The first-order valence-electron chi connectivity index (χ1n) is 10.4. The molecule has 2 heteroatoms. The van der Waals surface area contributed by atoms with Gasteiger partial charge in [0.05, 0.1) is 20.6 Å². The number of nitrogens with zero attached hydrogens (tertiary/aromatic N) is 1. The van der Waals surface area contributed by atoms with Crippen LogP contribution in [0.5, 0.6) is 0 Å². The van der Waals surface area contributed by atoms with E-state index in [1.165, 1.54) is 77.0 Å². The number of quaternary nitrogens is 1. The fourth-order valence-electron chi connectivity index (χ4n) is 3.01. The Bertz CT molecular complexity index is 273. The molecule has 0 N–H and O–H groups in total. The molecule has 0 aliphatic carbocycles. The number of carbonyl (C=O) groups excluding carboxylic acids is 1. The van der Waals surface area contributed by atoms with Crippen molar-refractivity contribution in [2.24, 2.45) is 0 Å². The fourth-order valence-corrected chi connectivity index (χ4v) is 3.01. The third-order valence-corrected chi connectivity index (χ3v) is 5.02. The number of Topliss-reactive ketones (excluding diaryl/α,β-unsaturated/α-hetero) is 1. The second kappa shape index (κ2) is 15.2. The third kappa shape index (κ3) is 16.3. The molecule has 0 radical (unpaired) electrons. The van der Waals surface area contributed by atoms with Crippen LogP contribution >= 0.6 is 0 Å². The van der Waals surface area contributed by atoms with Gasteiger partial charge in [-0.3, -0.25) is 4.79 Å². The van der Waals surface area contributed by atoms with Crippen LogP contribution in [-0.4, -0.2) is 37.5 Å². The van der Waals surface area contributed by atoms with Crippen LogP contribution in [0.4, 0.5) is 0 Å². The van der Waals surface area contributed by atoms with Crippen molar-refractivity contribution >= 4 is 5.78 Å². The van der Waals surface area contributed by atoms with E-state index in [4.69, 9.17) is 0 Å². The van der Waals surface area contributed by atoms with Gasteiger partial charge < -0.3 is 4.48 Å². The maximum absolute atomic E-state index is 11.9. The summed E-state index contributed by atoms with van der Waals surface area (Å²) in [6.07, 6.45) is 18.5. The van der Waals surface area contributed by atoms with Gasteiger partial charge in [0, 0.05) is 6.42 Å². The van der Waals surface area contributed by atoms with Crippen LogP contribution in [0.15, 0.2) is 0 Å². The minimum atomic E-state index is 0.444. The summed E-state index contributed by atoms with van der Waals surface area (Å²) in [6, 6.07) is 0. The number of rotatable bonds is 17. The first-order valence-corrected chi connectivity index (χ1v) is 10.4. The normalized spacial score (nSPS) is 11.8. The molecule has 23 heavy (non-hydrogen) atoms. The first-order chi connectivity index (χ1) is 11.0. The Morgan fingerprint density at radius 3 is 1.43 bits per heavy atom. The lowest BCUT2D eigenvalue weighted by Crippen LogP contribution is -2.43. The number of likely N-dealkylation sites (N-methyl/N-ethyl adjacent to an activating group) is 1. The summed E-state index contributed by atoms with van der Waals surface area (Å²) in [5.74, 6) is 0.444. The molecule has 0 amide bonds. The molecular formula is C21H44NO+. The second-order valence-corrected chi connectivity index (χ2v) is 7.94. The highest BCUT2D eigenvalue weighted by molar-refractivity contribution is 5.79. The summed E-state index contributed by atoms with van der Waals surface area (Å²) in [5, 5.41) is 0. The molecule has 0 saturated carbocycles. The van der Waals surface area contributed by atoms with E-state index in [0.29, 0.717) is 12.3 Å². The van der Waals surface area contributed by atoms with E-state index < -0.39 is 0 Å². The van der Waals surface area contributed by atoms with E-state index >= 15 is 0 Å². The van der Waals surface area contributed by atoms with Gasteiger partial charge in [-0.2, -0.15) is 0 Å². The molecule has 0 aliphatic heterocycles. The van der Waals surface area contributed by atoms with Crippen molar-refractivity contribution in [3.63, 3.8) is 0 Å². The zero-order valence-electron chi connectivity index (χ0n) is 16.7. The van der Waals surface area contributed by atoms with Crippen LogP contribution in [0, 0.1) is 0 Å². The molecule has 0 fully saturated rings. The molecule has 0 unspecified atom stereocenters. The minimum absolute atomic E-state index is 0.444. The van der Waals surface area contributed by atoms with Crippen molar-refractivity contribution in [1.29, 1.82) is 0 Å². The van der Waals surface area contributed by atoms with Crippen molar-refractivity contribution in [2.75, 3.05) is 27.2 Å². The summed E-state index contributed by atoms with van der Waals surface area (Å²) in [4.78, 5) is 11.9. The van der Waals surface area contributed by atoms with Crippen molar-refractivity contribution in [3.05, 3.63) is 0 Å². The molecule has 0 rings (SSSR count). The lowest BCUT2D eigenvalue weighted by atomic mass is 10.0. The zero-order valence-corrected chi connectivity index (χ0v) is 16.7. The van der Waals surface area contributed by atoms with Gasteiger partial charge in [0.2, 0.25) is 0 Å². The fraction of sp³-hybridized carbons (Fsp3) is 0.952. The quantitative estimate of drug-likeness (QED) is 0.232. The molecule has 0 saturated heterocycles. The highest BCUT2D eigenvalue weighted by Gasteiger charge is 2.16. The van der Waals surface area contributed by atoms with E-state index in [1.54, 1.807) is 0 Å². The Morgan fingerprint density at radius 1 is 0.652 bits per heavy atom. The largest absolute Gasteiger partial charge is 0.323 e. The second-order valence-electron chi connectivity index (χ2n) is 7.94. The summed E-state index contributed by atoms with van der Waals surface area (Å²) in [6.45, 7) is 6.17. The van der Waals surface area contributed by atoms with Crippen LogP contribution in [0.2, 0.25) is 0 Å². The minimum Gasteiger partial charge on any atom is -0.323 e. The average Bonchev–Trinajstić information content (AvgIpc) is 2.51. The molecule has 2 nitrogen and oxygen atoms in total. The van der Waals surface area contributed by atoms with Gasteiger partial charge in [0.15, 0.2) is 5.78 Å². The van der Waals surface area contributed by atoms with Crippen LogP contribution in [0.25, 0.3) is 0 Å². The van der Waals surface area contributed by atoms with Crippen LogP contribution in [-0.2, 0) is 4.79 Å². The monoisotopic (exact) mass is 326 g/mol. The molecule has 0 aromatic rings. The topological polar surface area (TPSA) is 17.1 Å². The Balaban J connectivity index is 3.23. The summed E-state index contributed by atoms with van der Waals surface area (Å²) >= 11 is 0. The molecule has 0 aliphatic rings. The van der Waals surface area contributed by atoms with Gasteiger partial charge in [0.25, 0.3) is 0 Å². The number of ketones is 1. The Labute approximate surface area is 146 Å². The van der Waals surface area contributed by atoms with Crippen LogP contribution < -0.4 is 0 Å². The molecule has 138 valence electrons. The van der Waals surface area contributed by atoms with Gasteiger partial charge in [-0.1, -0.05) is 84.0 Å². The van der Waals surface area contributed by atoms with Gasteiger partial charge in [-0.25, -0.2) is 0 Å². The van der Waals surface area contributed by atoms with Gasteiger partial charge in [-0.05, 0) is 13.3 Å². The van der Waals surface area contributed by atoms with E-state index in [2.05, 4.69) is 27.9 Å². The molecule has 0 atom stereocenters. The number of carbonyl (C=O) groups is 1.